The molecule has 0 saturated carbocycles. The van der Waals surface area contributed by atoms with Crippen LogP contribution in [0.25, 0.3) is 6.08 Å². The number of benzene rings is 2. The molecule has 0 aromatic heterocycles. The van der Waals surface area contributed by atoms with Gasteiger partial charge < -0.3 is 14.6 Å². The minimum absolute atomic E-state index is 0.0833. The van der Waals surface area contributed by atoms with Gasteiger partial charge in [0.2, 0.25) is 6.10 Å². The highest BCUT2D eigenvalue weighted by Gasteiger charge is 2.48. The van der Waals surface area contributed by atoms with Crippen LogP contribution < -0.4 is 9.47 Å². The van der Waals surface area contributed by atoms with Crippen molar-refractivity contribution in [2.75, 3.05) is 0 Å². The Morgan fingerprint density at radius 3 is 2.38 bits per heavy atom. The van der Waals surface area contributed by atoms with Crippen LogP contribution in [0.5, 0.6) is 17.2 Å². The van der Waals surface area contributed by atoms with Gasteiger partial charge in [-0.05, 0) is 42.3 Å². The molecule has 0 amide bonds. The summed E-state index contributed by atoms with van der Waals surface area (Å²) in [5.74, 6) is -0.928. The SMILES string of the molecule is CCc1ccc(Oc2ccc3c(c2)OC(C(F)(F)F)C(C(=O)O)=C3)cc1. The summed E-state index contributed by atoms with van der Waals surface area (Å²) in [6, 6.07) is 11.6. The van der Waals surface area contributed by atoms with Gasteiger partial charge in [0.1, 0.15) is 17.2 Å². The van der Waals surface area contributed by atoms with Gasteiger partial charge in [0.15, 0.2) is 0 Å². The first-order valence-electron chi connectivity index (χ1n) is 7.87. The van der Waals surface area contributed by atoms with E-state index in [-0.39, 0.29) is 11.3 Å². The molecule has 7 heteroatoms. The zero-order chi connectivity index (χ0) is 18.9. The topological polar surface area (TPSA) is 55.8 Å². The second-order valence-electron chi connectivity index (χ2n) is 5.74. The molecule has 0 radical (unpaired) electrons. The monoisotopic (exact) mass is 364 g/mol. The lowest BCUT2D eigenvalue weighted by Crippen LogP contribution is -2.40. The molecule has 2 aromatic rings. The fourth-order valence-electron chi connectivity index (χ4n) is 2.58. The van der Waals surface area contributed by atoms with Crippen LogP contribution in [0.1, 0.15) is 18.1 Å². The van der Waals surface area contributed by atoms with E-state index >= 15 is 0 Å². The molecule has 0 bridgehead atoms. The van der Waals surface area contributed by atoms with Crippen LogP contribution in [0.3, 0.4) is 0 Å². The van der Waals surface area contributed by atoms with E-state index < -0.39 is 23.8 Å². The molecule has 1 atom stereocenters. The average Bonchev–Trinajstić information content (AvgIpc) is 2.60. The predicted octanol–water partition coefficient (Wildman–Crippen LogP) is 4.83. The average molecular weight is 364 g/mol. The standard InChI is InChI=1S/C19H15F3O4/c1-2-11-3-6-13(7-4-11)25-14-8-5-12-9-15(18(23)24)17(19(20,21)22)26-16(12)10-14/h3-10,17H,2H2,1H3,(H,23,24). The molecule has 1 aliphatic rings. The Morgan fingerprint density at radius 1 is 1.15 bits per heavy atom. The first kappa shape index (κ1) is 17.8. The number of hydrogen-bond donors (Lipinski definition) is 1. The molecule has 2 aromatic carbocycles. The Labute approximate surface area is 147 Å². The van der Waals surface area contributed by atoms with Crippen LogP contribution >= 0.6 is 0 Å². The molecule has 4 nitrogen and oxygen atoms in total. The summed E-state index contributed by atoms with van der Waals surface area (Å²) in [5, 5.41) is 9.02. The van der Waals surface area contributed by atoms with Gasteiger partial charge in [0.25, 0.3) is 0 Å². The fourth-order valence-corrected chi connectivity index (χ4v) is 2.58. The minimum atomic E-state index is -4.84. The molecule has 1 N–H and O–H groups in total. The van der Waals surface area contributed by atoms with Crippen molar-refractivity contribution in [2.45, 2.75) is 25.6 Å². The summed E-state index contributed by atoms with van der Waals surface area (Å²) in [6.45, 7) is 2.02. The van der Waals surface area contributed by atoms with Crippen LogP contribution in [-0.2, 0) is 11.2 Å². The molecular weight excluding hydrogens is 349 g/mol. The quantitative estimate of drug-likeness (QED) is 0.844. The van der Waals surface area contributed by atoms with Crippen molar-refractivity contribution in [3.8, 4) is 17.2 Å². The second kappa shape index (κ2) is 6.74. The molecule has 1 aliphatic heterocycles. The molecule has 1 heterocycles. The first-order valence-corrected chi connectivity index (χ1v) is 7.87. The van der Waals surface area contributed by atoms with Gasteiger partial charge in [-0.25, -0.2) is 4.79 Å². The van der Waals surface area contributed by atoms with Crippen molar-refractivity contribution in [2.24, 2.45) is 0 Å². The zero-order valence-electron chi connectivity index (χ0n) is 13.7. The number of alkyl halides is 3. The highest BCUT2D eigenvalue weighted by atomic mass is 19.4. The van der Waals surface area contributed by atoms with E-state index in [9.17, 15) is 18.0 Å². The summed E-state index contributed by atoms with van der Waals surface area (Å²) in [6.07, 6.45) is -5.51. The molecule has 0 spiro atoms. The molecule has 0 saturated heterocycles. The van der Waals surface area contributed by atoms with E-state index in [0.717, 1.165) is 18.1 Å². The Bertz CT molecular complexity index is 854. The van der Waals surface area contributed by atoms with Gasteiger partial charge in [0, 0.05) is 11.6 Å². The van der Waals surface area contributed by atoms with E-state index in [1.165, 1.54) is 12.1 Å². The third-order valence-corrected chi connectivity index (χ3v) is 3.93. The van der Waals surface area contributed by atoms with Crippen molar-refractivity contribution in [1.29, 1.82) is 0 Å². The van der Waals surface area contributed by atoms with Crippen LogP contribution in [0.4, 0.5) is 13.2 Å². The maximum atomic E-state index is 13.1. The molecule has 0 aliphatic carbocycles. The summed E-state index contributed by atoms with van der Waals surface area (Å²) < 4.78 is 49.9. The van der Waals surface area contributed by atoms with Gasteiger partial charge in [0.05, 0.1) is 5.57 Å². The van der Waals surface area contributed by atoms with Gasteiger partial charge in [-0.1, -0.05) is 19.1 Å². The summed E-state index contributed by atoms with van der Waals surface area (Å²) >= 11 is 0. The number of halogens is 3. The maximum absolute atomic E-state index is 13.1. The number of carbonyl (C=O) groups is 1. The molecule has 136 valence electrons. The number of fused-ring (bicyclic) bond motifs is 1. The van der Waals surface area contributed by atoms with E-state index in [0.29, 0.717) is 11.5 Å². The Balaban J connectivity index is 1.90. The lowest BCUT2D eigenvalue weighted by Gasteiger charge is -2.27. The fraction of sp³-hybridized carbons (Fsp3) is 0.211. The van der Waals surface area contributed by atoms with Crippen LogP contribution in [-0.4, -0.2) is 23.4 Å². The van der Waals surface area contributed by atoms with Gasteiger partial charge in [-0.2, -0.15) is 13.2 Å². The summed E-state index contributed by atoms with van der Waals surface area (Å²) in [5.41, 5.74) is 0.524. The molecule has 26 heavy (non-hydrogen) atoms. The smallest absolute Gasteiger partial charge is 0.430 e. The highest BCUT2D eigenvalue weighted by Crippen LogP contribution is 2.39. The molecule has 3 rings (SSSR count). The normalized spacial score (nSPS) is 16.3. The third kappa shape index (κ3) is 3.66. The van der Waals surface area contributed by atoms with Gasteiger partial charge >= 0.3 is 12.1 Å². The summed E-state index contributed by atoms with van der Waals surface area (Å²) in [7, 11) is 0. The van der Waals surface area contributed by atoms with Crippen molar-refractivity contribution in [1.82, 2.24) is 0 Å². The number of hydrogen-bond acceptors (Lipinski definition) is 3. The lowest BCUT2D eigenvalue weighted by molar-refractivity contribution is -0.187. The Morgan fingerprint density at radius 2 is 1.81 bits per heavy atom. The largest absolute Gasteiger partial charge is 0.478 e. The van der Waals surface area contributed by atoms with Crippen molar-refractivity contribution >= 4 is 12.0 Å². The van der Waals surface area contributed by atoms with Crippen LogP contribution in [0.2, 0.25) is 0 Å². The number of carboxylic acids is 1. The molecule has 1 unspecified atom stereocenters. The maximum Gasteiger partial charge on any atom is 0.430 e. The van der Waals surface area contributed by atoms with Crippen molar-refractivity contribution < 1.29 is 32.5 Å². The Kier molecular flexibility index (Phi) is 4.63. The predicted molar refractivity (Wildman–Crippen MR) is 88.4 cm³/mol. The number of rotatable bonds is 4. The molecular formula is C19H15F3O4. The first-order chi connectivity index (χ1) is 12.3. The van der Waals surface area contributed by atoms with Crippen LogP contribution in [0, 0.1) is 0 Å². The number of aliphatic carboxylic acids is 1. The lowest BCUT2D eigenvalue weighted by atomic mass is 10.0. The van der Waals surface area contributed by atoms with Gasteiger partial charge in [-0.3, -0.25) is 0 Å². The van der Waals surface area contributed by atoms with E-state index in [4.69, 9.17) is 14.6 Å². The van der Waals surface area contributed by atoms with Gasteiger partial charge in [-0.15, -0.1) is 0 Å². The number of aryl methyl sites for hydroxylation is 1. The van der Waals surface area contributed by atoms with Crippen molar-refractivity contribution in [3.05, 3.63) is 59.2 Å². The summed E-state index contributed by atoms with van der Waals surface area (Å²) in [4.78, 5) is 11.1. The molecule has 0 fully saturated rings. The second-order valence-corrected chi connectivity index (χ2v) is 5.74. The highest BCUT2D eigenvalue weighted by molar-refractivity contribution is 5.95. The van der Waals surface area contributed by atoms with Crippen molar-refractivity contribution in [3.63, 3.8) is 0 Å². The minimum Gasteiger partial charge on any atom is -0.478 e. The number of ether oxygens (including phenoxy) is 2. The Hall–Kier alpha value is -2.96. The zero-order valence-corrected chi connectivity index (χ0v) is 13.7. The third-order valence-electron chi connectivity index (χ3n) is 3.93. The van der Waals surface area contributed by atoms with E-state index in [1.807, 2.05) is 19.1 Å². The number of carboxylic acid groups (broad SMARTS) is 1. The van der Waals surface area contributed by atoms with E-state index in [1.54, 1.807) is 18.2 Å². The van der Waals surface area contributed by atoms with Crippen LogP contribution in [0.15, 0.2) is 48.0 Å². The van der Waals surface area contributed by atoms with E-state index in [2.05, 4.69) is 0 Å².